The van der Waals surface area contributed by atoms with Crippen LogP contribution in [-0.2, 0) is 0 Å². The quantitative estimate of drug-likeness (QED) is 0.502. The van der Waals surface area contributed by atoms with Gasteiger partial charge in [-0.1, -0.05) is 0 Å². The van der Waals surface area contributed by atoms with Gasteiger partial charge in [0.05, 0.1) is 0 Å². The van der Waals surface area contributed by atoms with Crippen LogP contribution >= 0.6 is 0 Å². The van der Waals surface area contributed by atoms with E-state index in [1.807, 2.05) is 0 Å². The van der Waals surface area contributed by atoms with Crippen molar-refractivity contribution in [2.75, 3.05) is 6.54 Å². The fourth-order valence-corrected chi connectivity index (χ4v) is 2.17. The molecule has 0 aromatic heterocycles. The number of hydrogen-bond acceptors (Lipinski definition) is 1. The molecule has 0 bridgehead atoms. The zero-order valence-electron chi connectivity index (χ0n) is 13.0. The molecule has 0 radical (unpaired) electrons. The third-order valence-electron chi connectivity index (χ3n) is 3.83. The first-order chi connectivity index (χ1) is 11.6. The van der Waals surface area contributed by atoms with Crippen molar-refractivity contribution in [1.82, 2.24) is 0 Å². The molecule has 0 saturated carbocycles. The zero-order chi connectivity index (χ0) is 22.1. The predicted molar refractivity (Wildman–Crippen MR) is 62.9 cm³/mol. The van der Waals surface area contributed by atoms with Crippen LogP contribution in [0.1, 0.15) is 25.7 Å². The third-order valence-corrected chi connectivity index (χ3v) is 3.83. The van der Waals surface area contributed by atoms with Crippen LogP contribution in [0.15, 0.2) is 0 Å². The zero-order valence-corrected chi connectivity index (χ0v) is 13.0. The van der Waals surface area contributed by atoms with Gasteiger partial charge >= 0.3 is 24.7 Å². The van der Waals surface area contributed by atoms with Crippen molar-refractivity contribution in [2.45, 2.75) is 61.7 Å². The summed E-state index contributed by atoms with van der Waals surface area (Å²) < 4.78 is 175. The van der Waals surface area contributed by atoms with E-state index >= 15 is 0 Å². The summed E-state index contributed by atoms with van der Waals surface area (Å²) in [6.45, 7) is -1.12. The second-order valence-corrected chi connectivity index (χ2v) is 5.79. The Kier molecular flexibility index (Phi) is 7.48. The summed E-state index contributed by atoms with van der Waals surface area (Å²) in [5.41, 5.74) is -6.65. The normalized spacial score (nSPS) is 16.6. The van der Waals surface area contributed by atoms with Crippen LogP contribution in [0.25, 0.3) is 0 Å². The van der Waals surface area contributed by atoms with Gasteiger partial charge in [-0.05, 0) is 31.7 Å². The maximum absolute atomic E-state index is 13.5. The van der Waals surface area contributed by atoms with Crippen LogP contribution in [0.5, 0.6) is 0 Å². The van der Waals surface area contributed by atoms with E-state index in [0.29, 0.717) is 0 Å². The average Bonchev–Trinajstić information content (AvgIpc) is 2.40. The number of nitrogens with two attached hydrogens (primary N) is 1. The summed E-state index contributed by atoms with van der Waals surface area (Å²) in [4.78, 5) is 0. The van der Waals surface area contributed by atoms with E-state index in [9.17, 15) is 61.5 Å². The van der Waals surface area contributed by atoms with Crippen molar-refractivity contribution in [3.05, 3.63) is 0 Å². The maximum Gasteiger partial charge on any atom is 0.431 e. The Morgan fingerprint density at radius 1 is 0.556 bits per heavy atom. The van der Waals surface area contributed by atoms with Crippen molar-refractivity contribution in [3.63, 3.8) is 0 Å². The standard InChI is InChI=1S/C12H13F14N/c13-7(9(15,16)17,10(18,19)20)3-1-2-6(5-27)4-8(14,11(21,22)23)12(24,25)26/h6H,1-5,27H2. The van der Waals surface area contributed by atoms with Crippen LogP contribution in [0, 0.1) is 5.92 Å². The molecule has 0 rings (SSSR count). The van der Waals surface area contributed by atoms with E-state index in [1.54, 1.807) is 0 Å². The molecule has 0 fully saturated rings. The first-order valence-electron chi connectivity index (χ1n) is 6.99. The molecule has 1 nitrogen and oxygen atoms in total. The van der Waals surface area contributed by atoms with Gasteiger partial charge < -0.3 is 5.73 Å². The lowest BCUT2D eigenvalue weighted by molar-refractivity contribution is -0.346. The van der Waals surface area contributed by atoms with Gasteiger partial charge in [0.25, 0.3) is 11.3 Å². The minimum absolute atomic E-state index is 1.12. The van der Waals surface area contributed by atoms with Gasteiger partial charge in [0.1, 0.15) is 0 Å². The van der Waals surface area contributed by atoms with Gasteiger partial charge in [0.15, 0.2) is 0 Å². The molecule has 1 atom stereocenters. The monoisotopic (exact) mass is 437 g/mol. The van der Waals surface area contributed by atoms with E-state index in [1.165, 1.54) is 0 Å². The van der Waals surface area contributed by atoms with Crippen LogP contribution in [0.4, 0.5) is 61.5 Å². The molecule has 0 aliphatic carbocycles. The number of alkyl halides is 14. The molecule has 0 heterocycles. The molecule has 164 valence electrons. The second-order valence-electron chi connectivity index (χ2n) is 5.79. The molecule has 1 unspecified atom stereocenters. The summed E-state index contributed by atoms with van der Waals surface area (Å²) in [5, 5.41) is 0. The SMILES string of the molecule is NCC(CCCC(F)(C(F)(F)F)C(F)(F)F)CC(F)(C(F)(F)F)C(F)(F)F. The van der Waals surface area contributed by atoms with Gasteiger partial charge in [-0.2, -0.15) is 52.7 Å². The van der Waals surface area contributed by atoms with E-state index in [0.717, 1.165) is 0 Å². The minimum Gasteiger partial charge on any atom is -0.330 e. The highest BCUT2D eigenvalue weighted by molar-refractivity contribution is 4.97. The van der Waals surface area contributed by atoms with Crippen molar-refractivity contribution < 1.29 is 61.5 Å². The molecule has 27 heavy (non-hydrogen) atoms. The Morgan fingerprint density at radius 2 is 0.889 bits per heavy atom. The van der Waals surface area contributed by atoms with E-state index in [-0.39, 0.29) is 0 Å². The summed E-state index contributed by atoms with van der Waals surface area (Å²) >= 11 is 0. The minimum atomic E-state index is -6.46. The van der Waals surface area contributed by atoms with E-state index in [4.69, 9.17) is 5.73 Å². The van der Waals surface area contributed by atoms with E-state index in [2.05, 4.69) is 0 Å². The van der Waals surface area contributed by atoms with Crippen molar-refractivity contribution in [3.8, 4) is 0 Å². The molecule has 0 aliphatic heterocycles. The fourth-order valence-electron chi connectivity index (χ4n) is 2.17. The predicted octanol–water partition coefficient (Wildman–Crippen LogP) is 5.79. The number of halogens is 14. The molecular formula is C12H13F14N. The first kappa shape index (κ1) is 26.0. The Bertz CT molecular complexity index is 442. The smallest absolute Gasteiger partial charge is 0.330 e. The number of hydrogen-bond donors (Lipinski definition) is 1. The Labute approximate surface area is 142 Å². The highest BCUT2D eigenvalue weighted by Gasteiger charge is 2.73. The summed E-state index contributed by atoms with van der Waals surface area (Å²) in [6, 6.07) is 0. The van der Waals surface area contributed by atoms with Gasteiger partial charge in [-0.15, -0.1) is 0 Å². The lowest BCUT2D eigenvalue weighted by atomic mass is 9.85. The van der Waals surface area contributed by atoms with Crippen LogP contribution < -0.4 is 5.73 Å². The topological polar surface area (TPSA) is 26.0 Å². The Hall–Kier alpha value is -1.02. The third kappa shape index (κ3) is 5.50. The summed E-state index contributed by atoms with van der Waals surface area (Å²) in [5.74, 6) is -2.11. The summed E-state index contributed by atoms with van der Waals surface area (Å²) in [7, 11) is 0. The largest absolute Gasteiger partial charge is 0.431 e. The Morgan fingerprint density at radius 3 is 1.15 bits per heavy atom. The average molecular weight is 437 g/mol. The molecule has 0 spiro atoms. The number of rotatable bonds is 7. The van der Waals surface area contributed by atoms with Gasteiger partial charge in [0, 0.05) is 6.42 Å². The molecule has 0 amide bonds. The summed E-state index contributed by atoms with van der Waals surface area (Å²) in [6.07, 6.45) is -33.1. The molecular weight excluding hydrogens is 424 g/mol. The van der Waals surface area contributed by atoms with E-state index < -0.39 is 74.2 Å². The lowest BCUT2D eigenvalue weighted by Crippen LogP contribution is -2.55. The molecule has 2 N–H and O–H groups in total. The molecule has 0 aliphatic rings. The van der Waals surface area contributed by atoms with Crippen molar-refractivity contribution in [1.29, 1.82) is 0 Å². The molecule has 0 saturated heterocycles. The second kappa shape index (κ2) is 7.78. The van der Waals surface area contributed by atoms with Crippen LogP contribution in [-0.4, -0.2) is 42.6 Å². The molecule has 0 aromatic rings. The highest BCUT2D eigenvalue weighted by Crippen LogP contribution is 2.51. The van der Waals surface area contributed by atoms with Gasteiger partial charge in [-0.25, -0.2) is 8.78 Å². The lowest BCUT2D eigenvalue weighted by Gasteiger charge is -2.33. The van der Waals surface area contributed by atoms with Gasteiger partial charge in [0.2, 0.25) is 0 Å². The highest BCUT2D eigenvalue weighted by atomic mass is 19.4. The molecule has 0 aromatic carbocycles. The maximum atomic E-state index is 13.5. The fraction of sp³-hybridized carbons (Fsp3) is 1.00. The van der Waals surface area contributed by atoms with Crippen LogP contribution in [0.2, 0.25) is 0 Å². The van der Waals surface area contributed by atoms with Crippen LogP contribution in [0.3, 0.4) is 0 Å². The van der Waals surface area contributed by atoms with Crippen molar-refractivity contribution in [2.24, 2.45) is 11.7 Å². The van der Waals surface area contributed by atoms with Gasteiger partial charge in [-0.3, -0.25) is 0 Å². The van der Waals surface area contributed by atoms with Crippen molar-refractivity contribution >= 4 is 0 Å². The molecule has 15 heteroatoms. The first-order valence-corrected chi connectivity index (χ1v) is 6.99. The Balaban J connectivity index is 5.32.